The monoisotopic (exact) mass is 493 g/mol. The van der Waals surface area contributed by atoms with Gasteiger partial charge in [-0.05, 0) is 37.1 Å². The Kier molecular flexibility index (Phi) is 8.51. The van der Waals surface area contributed by atoms with Crippen LogP contribution in [0.3, 0.4) is 0 Å². The number of carbonyl (C=O) groups excluding carboxylic acids is 2. The normalized spacial score (nSPS) is 13.9. The molecule has 0 saturated carbocycles. The molecule has 0 atom stereocenters. The molecular formula is C24H27N7O3S. The number of aromatic nitrogens is 4. The second-order valence-electron chi connectivity index (χ2n) is 8.16. The Labute approximate surface area is 207 Å². The van der Waals surface area contributed by atoms with E-state index in [1.807, 2.05) is 21.6 Å². The fourth-order valence-electron chi connectivity index (χ4n) is 3.90. The third kappa shape index (κ3) is 6.48. The number of carbonyl (C=O) groups is 2. The Bertz CT molecular complexity index is 1160. The SMILES string of the molecule is N#CCCN(Cc1ccco1)C(=O)CSc1nnc(CN2CCCCCC2=O)n1-c1cccnc1. The maximum atomic E-state index is 13.0. The number of nitriles is 1. The zero-order valence-corrected chi connectivity index (χ0v) is 20.2. The third-order valence-electron chi connectivity index (χ3n) is 5.71. The molecular weight excluding hydrogens is 466 g/mol. The summed E-state index contributed by atoms with van der Waals surface area (Å²) in [6.45, 7) is 1.66. The second-order valence-corrected chi connectivity index (χ2v) is 9.11. The molecule has 1 fully saturated rings. The minimum atomic E-state index is -0.133. The molecule has 0 aliphatic carbocycles. The van der Waals surface area contributed by atoms with Gasteiger partial charge in [0.05, 0.1) is 49.5 Å². The highest BCUT2D eigenvalue weighted by Gasteiger charge is 2.23. The van der Waals surface area contributed by atoms with Gasteiger partial charge in [0.2, 0.25) is 11.8 Å². The zero-order valence-electron chi connectivity index (χ0n) is 19.4. The fraction of sp³-hybridized carbons (Fsp3) is 0.417. The number of hydrogen-bond acceptors (Lipinski definition) is 8. The Morgan fingerprint density at radius 3 is 2.91 bits per heavy atom. The molecule has 3 aromatic heterocycles. The largest absolute Gasteiger partial charge is 0.467 e. The van der Waals surface area contributed by atoms with Gasteiger partial charge in [-0.3, -0.25) is 19.1 Å². The van der Waals surface area contributed by atoms with Crippen LogP contribution in [0.25, 0.3) is 5.69 Å². The molecule has 10 nitrogen and oxygen atoms in total. The van der Waals surface area contributed by atoms with Gasteiger partial charge in [-0.25, -0.2) is 0 Å². The summed E-state index contributed by atoms with van der Waals surface area (Å²) in [4.78, 5) is 33.2. The molecule has 1 aliphatic rings. The number of rotatable bonds is 10. The number of nitrogens with zero attached hydrogens (tertiary/aromatic N) is 7. The molecule has 2 amide bonds. The van der Waals surface area contributed by atoms with Crippen molar-refractivity contribution in [3.05, 3.63) is 54.5 Å². The molecule has 11 heteroatoms. The van der Waals surface area contributed by atoms with Crippen molar-refractivity contribution in [3.8, 4) is 11.8 Å². The maximum Gasteiger partial charge on any atom is 0.233 e. The number of hydrogen-bond donors (Lipinski definition) is 0. The number of pyridine rings is 1. The molecule has 1 aliphatic heterocycles. The first-order chi connectivity index (χ1) is 17.2. The zero-order chi connectivity index (χ0) is 24.5. The molecule has 0 N–H and O–H groups in total. The summed E-state index contributed by atoms with van der Waals surface area (Å²) < 4.78 is 7.23. The summed E-state index contributed by atoms with van der Waals surface area (Å²) in [7, 11) is 0. The molecule has 3 aromatic rings. The van der Waals surface area contributed by atoms with Gasteiger partial charge < -0.3 is 14.2 Å². The Hall–Kier alpha value is -3.65. The first kappa shape index (κ1) is 24.5. The van der Waals surface area contributed by atoms with Gasteiger partial charge in [-0.1, -0.05) is 18.2 Å². The second kappa shape index (κ2) is 12.2. The van der Waals surface area contributed by atoms with Crippen LogP contribution in [-0.4, -0.2) is 60.2 Å². The van der Waals surface area contributed by atoms with E-state index in [4.69, 9.17) is 9.68 Å². The minimum Gasteiger partial charge on any atom is -0.467 e. The molecule has 0 bridgehead atoms. The van der Waals surface area contributed by atoms with Gasteiger partial charge in [0, 0.05) is 25.7 Å². The van der Waals surface area contributed by atoms with Gasteiger partial charge >= 0.3 is 0 Å². The lowest BCUT2D eigenvalue weighted by atomic mass is 10.2. The molecule has 0 unspecified atom stereocenters. The van der Waals surface area contributed by atoms with Gasteiger partial charge in [0.25, 0.3) is 0 Å². The lowest BCUT2D eigenvalue weighted by Crippen LogP contribution is -2.32. The van der Waals surface area contributed by atoms with Gasteiger partial charge in [-0.15, -0.1) is 10.2 Å². The molecule has 0 spiro atoms. The highest BCUT2D eigenvalue weighted by atomic mass is 32.2. The molecule has 0 aromatic carbocycles. The summed E-state index contributed by atoms with van der Waals surface area (Å²) in [5, 5.41) is 18.3. The van der Waals surface area contributed by atoms with E-state index < -0.39 is 0 Å². The van der Waals surface area contributed by atoms with Crippen molar-refractivity contribution in [2.75, 3.05) is 18.8 Å². The highest BCUT2D eigenvalue weighted by Crippen LogP contribution is 2.24. The first-order valence-electron chi connectivity index (χ1n) is 11.6. The summed E-state index contributed by atoms with van der Waals surface area (Å²) in [6.07, 6.45) is 8.65. The minimum absolute atomic E-state index is 0.118. The van der Waals surface area contributed by atoms with Crippen LogP contribution in [0, 0.1) is 11.3 Å². The standard InChI is InChI=1S/C24H27N7O3S/c25-10-6-13-29(16-20-8-5-14-34-20)23(33)18-35-24-28-27-21(31(24)19-7-4-11-26-15-19)17-30-12-3-1-2-9-22(30)32/h4-5,7-8,11,14-15H,1-3,6,9,12-13,16-18H2. The van der Waals surface area contributed by atoms with E-state index in [0.717, 1.165) is 24.9 Å². The van der Waals surface area contributed by atoms with Gasteiger partial charge in [-0.2, -0.15) is 5.26 Å². The van der Waals surface area contributed by atoms with Crippen LogP contribution in [0.4, 0.5) is 0 Å². The van der Waals surface area contributed by atoms with E-state index in [9.17, 15) is 9.59 Å². The maximum absolute atomic E-state index is 13.0. The summed E-state index contributed by atoms with van der Waals surface area (Å²) in [5.41, 5.74) is 0.765. The van der Waals surface area contributed by atoms with Crippen molar-refractivity contribution < 1.29 is 14.0 Å². The predicted octanol–water partition coefficient (Wildman–Crippen LogP) is 3.19. The van der Waals surface area contributed by atoms with Crippen LogP contribution < -0.4 is 0 Å². The van der Waals surface area contributed by atoms with E-state index in [-0.39, 0.29) is 24.0 Å². The van der Waals surface area contributed by atoms with E-state index >= 15 is 0 Å². The quantitative estimate of drug-likeness (QED) is 0.395. The van der Waals surface area contributed by atoms with Crippen LogP contribution in [0.15, 0.2) is 52.5 Å². The van der Waals surface area contributed by atoms with Crippen molar-refractivity contribution in [2.24, 2.45) is 0 Å². The third-order valence-corrected chi connectivity index (χ3v) is 6.62. The lowest BCUT2D eigenvalue weighted by Gasteiger charge is -2.21. The van der Waals surface area contributed by atoms with E-state index in [0.29, 0.717) is 49.3 Å². The van der Waals surface area contributed by atoms with Crippen LogP contribution in [-0.2, 0) is 22.7 Å². The van der Waals surface area contributed by atoms with E-state index in [1.165, 1.54) is 11.8 Å². The van der Waals surface area contributed by atoms with E-state index in [1.54, 1.807) is 35.7 Å². The average molecular weight is 494 g/mol. The first-order valence-corrected chi connectivity index (χ1v) is 12.6. The number of amides is 2. The number of thioether (sulfide) groups is 1. The topological polar surface area (TPSA) is 121 Å². The summed E-state index contributed by atoms with van der Waals surface area (Å²) >= 11 is 1.27. The van der Waals surface area contributed by atoms with Gasteiger partial charge in [0.15, 0.2) is 11.0 Å². The van der Waals surface area contributed by atoms with Crippen LogP contribution in [0.2, 0.25) is 0 Å². The van der Waals surface area contributed by atoms with Gasteiger partial charge in [0.1, 0.15) is 5.76 Å². The number of likely N-dealkylation sites (tertiary alicyclic amines) is 1. The Morgan fingerprint density at radius 2 is 2.14 bits per heavy atom. The smallest absolute Gasteiger partial charge is 0.233 e. The summed E-state index contributed by atoms with van der Waals surface area (Å²) in [6, 6.07) is 9.38. The Morgan fingerprint density at radius 1 is 1.23 bits per heavy atom. The average Bonchev–Trinajstić information content (AvgIpc) is 3.49. The van der Waals surface area contributed by atoms with Crippen LogP contribution in [0.5, 0.6) is 0 Å². The lowest BCUT2D eigenvalue weighted by molar-refractivity contribution is -0.131. The molecule has 35 heavy (non-hydrogen) atoms. The van der Waals surface area contributed by atoms with Crippen molar-refractivity contribution in [2.45, 2.75) is 50.4 Å². The molecule has 1 saturated heterocycles. The van der Waals surface area contributed by atoms with Crippen molar-refractivity contribution in [1.29, 1.82) is 5.26 Å². The van der Waals surface area contributed by atoms with Crippen LogP contribution in [0.1, 0.15) is 43.7 Å². The van der Waals surface area contributed by atoms with Crippen molar-refractivity contribution in [1.82, 2.24) is 29.5 Å². The summed E-state index contributed by atoms with van der Waals surface area (Å²) in [5.74, 6) is 1.39. The highest BCUT2D eigenvalue weighted by molar-refractivity contribution is 7.99. The fourth-order valence-corrected chi connectivity index (χ4v) is 4.78. The molecule has 4 rings (SSSR count). The Balaban J connectivity index is 1.52. The predicted molar refractivity (Wildman–Crippen MR) is 128 cm³/mol. The van der Waals surface area contributed by atoms with Crippen LogP contribution >= 0.6 is 11.8 Å². The molecule has 182 valence electrons. The van der Waals surface area contributed by atoms with Crippen molar-refractivity contribution >= 4 is 23.6 Å². The van der Waals surface area contributed by atoms with Crippen molar-refractivity contribution in [3.63, 3.8) is 0 Å². The molecule has 0 radical (unpaired) electrons. The van der Waals surface area contributed by atoms with E-state index in [2.05, 4.69) is 21.3 Å². The molecule has 4 heterocycles. The number of furan rings is 1.